The number of nitrogens with one attached hydrogen (secondary N) is 2. The van der Waals surface area contributed by atoms with Crippen LogP contribution in [0.2, 0.25) is 0 Å². The number of likely N-dealkylation sites (tertiary alicyclic amines) is 1. The normalized spacial score (nSPS) is 19.2. The van der Waals surface area contributed by atoms with Gasteiger partial charge < -0.3 is 20.3 Å². The van der Waals surface area contributed by atoms with Crippen LogP contribution in [0.25, 0.3) is 11.0 Å². The van der Waals surface area contributed by atoms with Crippen molar-refractivity contribution in [1.29, 1.82) is 0 Å². The molecule has 3 rings (SSSR count). The molecule has 23 heavy (non-hydrogen) atoms. The molecule has 2 aromatic rings. The summed E-state index contributed by atoms with van der Waals surface area (Å²) < 4.78 is 0. The van der Waals surface area contributed by atoms with Gasteiger partial charge in [0.2, 0.25) is 0 Å². The first-order valence-corrected chi connectivity index (χ1v) is 8.28. The third-order valence-electron chi connectivity index (χ3n) is 4.50. The van der Waals surface area contributed by atoms with E-state index in [1.165, 1.54) is 0 Å². The number of rotatable bonds is 5. The van der Waals surface area contributed by atoms with Gasteiger partial charge in [-0.15, -0.1) is 0 Å². The van der Waals surface area contributed by atoms with Gasteiger partial charge in [-0.2, -0.15) is 0 Å². The van der Waals surface area contributed by atoms with Crippen molar-refractivity contribution in [1.82, 2.24) is 20.2 Å². The van der Waals surface area contributed by atoms with Gasteiger partial charge in [0.05, 0.1) is 17.1 Å². The quantitative estimate of drug-likeness (QED) is 0.737. The minimum atomic E-state index is -0.346. The number of amides is 2. The molecule has 6 nitrogen and oxygen atoms in total. The summed E-state index contributed by atoms with van der Waals surface area (Å²) in [5.74, 6) is 1.16. The van der Waals surface area contributed by atoms with Crippen molar-refractivity contribution in [2.24, 2.45) is 5.92 Å². The van der Waals surface area contributed by atoms with E-state index in [0.29, 0.717) is 13.1 Å². The molecule has 1 aromatic heterocycles. The Kier molecular flexibility index (Phi) is 4.81. The molecule has 2 heterocycles. The van der Waals surface area contributed by atoms with Crippen LogP contribution in [0.5, 0.6) is 0 Å². The number of aliphatic hydroxyl groups excluding tert-OH is 1. The number of fused-ring (bicyclic) bond motifs is 1. The second-order valence-corrected chi connectivity index (χ2v) is 6.27. The van der Waals surface area contributed by atoms with Gasteiger partial charge in [0.1, 0.15) is 5.82 Å². The molecule has 0 saturated carbocycles. The molecule has 0 spiro atoms. The predicted molar refractivity (Wildman–Crippen MR) is 89.2 cm³/mol. The maximum absolute atomic E-state index is 12.1. The molecule has 3 N–H and O–H groups in total. The summed E-state index contributed by atoms with van der Waals surface area (Å²) in [7, 11) is 0. The summed E-state index contributed by atoms with van der Waals surface area (Å²) >= 11 is 0. The Morgan fingerprint density at radius 1 is 1.52 bits per heavy atom. The molecule has 0 unspecified atom stereocenters. The van der Waals surface area contributed by atoms with Crippen LogP contribution >= 0.6 is 0 Å². The van der Waals surface area contributed by atoms with Crippen molar-refractivity contribution in [3.8, 4) is 0 Å². The fourth-order valence-corrected chi connectivity index (χ4v) is 3.05. The molecule has 6 heteroatoms. The van der Waals surface area contributed by atoms with Crippen LogP contribution in [0.4, 0.5) is 4.79 Å². The van der Waals surface area contributed by atoms with Crippen LogP contribution in [0.1, 0.15) is 25.6 Å². The number of hydrogen-bond donors (Lipinski definition) is 3. The van der Waals surface area contributed by atoms with Crippen LogP contribution in [0, 0.1) is 5.92 Å². The molecule has 2 amide bonds. The standard InChI is InChI=1S/C17H24N4O2/c1-12(22)13-8-10-21(11-13)17(23)18-9-4-7-16-19-14-5-2-3-6-15(14)20-16/h2-3,5-6,12-13,22H,4,7-11H2,1H3,(H,18,23)(H,19,20)/t12-,13-/m1/s1. The number of carbonyl (C=O) groups is 1. The van der Waals surface area contributed by atoms with E-state index < -0.39 is 0 Å². The van der Waals surface area contributed by atoms with Gasteiger partial charge in [-0.05, 0) is 31.9 Å². The highest BCUT2D eigenvalue weighted by Gasteiger charge is 2.28. The Bertz CT molecular complexity index is 634. The molecule has 0 bridgehead atoms. The largest absolute Gasteiger partial charge is 0.393 e. The number of aryl methyl sites for hydroxylation is 1. The molecule has 0 radical (unpaired) electrons. The number of H-pyrrole nitrogens is 1. The van der Waals surface area contributed by atoms with E-state index in [1.54, 1.807) is 11.8 Å². The third kappa shape index (κ3) is 3.82. The summed E-state index contributed by atoms with van der Waals surface area (Å²) in [6.45, 7) is 3.79. The molecule has 1 aliphatic rings. The fourth-order valence-electron chi connectivity index (χ4n) is 3.05. The third-order valence-corrected chi connectivity index (χ3v) is 4.50. The number of hydrogen-bond acceptors (Lipinski definition) is 3. The SMILES string of the molecule is C[C@@H](O)[C@@H]1CCN(C(=O)NCCCc2nc3ccccc3[nH]2)C1. The smallest absolute Gasteiger partial charge is 0.317 e. The number of nitrogens with zero attached hydrogens (tertiary/aromatic N) is 2. The van der Waals surface area contributed by atoms with Crippen molar-refractivity contribution in [2.45, 2.75) is 32.3 Å². The van der Waals surface area contributed by atoms with Gasteiger partial charge in [-0.25, -0.2) is 9.78 Å². The Labute approximate surface area is 135 Å². The second-order valence-electron chi connectivity index (χ2n) is 6.27. The maximum atomic E-state index is 12.1. The molecular weight excluding hydrogens is 292 g/mol. The van der Waals surface area contributed by atoms with E-state index in [-0.39, 0.29) is 18.1 Å². The van der Waals surface area contributed by atoms with Gasteiger partial charge in [0.15, 0.2) is 0 Å². The maximum Gasteiger partial charge on any atom is 0.317 e. The first kappa shape index (κ1) is 15.8. The fraction of sp³-hybridized carbons (Fsp3) is 0.529. The number of para-hydroxylation sites is 2. The minimum Gasteiger partial charge on any atom is -0.393 e. The van der Waals surface area contributed by atoms with Crippen LogP contribution in [-0.4, -0.2) is 51.7 Å². The first-order valence-electron chi connectivity index (χ1n) is 8.28. The van der Waals surface area contributed by atoms with E-state index >= 15 is 0 Å². The predicted octanol–water partition coefficient (Wildman–Crippen LogP) is 1.91. The van der Waals surface area contributed by atoms with E-state index in [4.69, 9.17) is 0 Å². The van der Waals surface area contributed by atoms with E-state index in [1.807, 2.05) is 24.3 Å². The monoisotopic (exact) mass is 316 g/mol. The van der Waals surface area contributed by atoms with E-state index in [9.17, 15) is 9.90 Å². The van der Waals surface area contributed by atoms with Gasteiger partial charge in [0.25, 0.3) is 0 Å². The van der Waals surface area contributed by atoms with Crippen LogP contribution in [0.15, 0.2) is 24.3 Å². The van der Waals surface area contributed by atoms with Gasteiger partial charge >= 0.3 is 6.03 Å². The van der Waals surface area contributed by atoms with Gasteiger partial charge in [-0.3, -0.25) is 0 Å². The molecule has 1 saturated heterocycles. The number of benzene rings is 1. The van der Waals surface area contributed by atoms with Crippen LogP contribution in [-0.2, 0) is 6.42 Å². The number of imidazole rings is 1. The number of aromatic amines is 1. The lowest BCUT2D eigenvalue weighted by Gasteiger charge is -2.18. The molecule has 0 aliphatic carbocycles. The average molecular weight is 316 g/mol. The number of aliphatic hydroxyl groups is 1. The minimum absolute atomic E-state index is 0.0299. The molecule has 2 atom stereocenters. The van der Waals surface area contributed by atoms with E-state index in [0.717, 1.165) is 42.7 Å². The zero-order chi connectivity index (χ0) is 16.2. The Hall–Kier alpha value is -2.08. The lowest BCUT2D eigenvalue weighted by Crippen LogP contribution is -2.39. The van der Waals surface area contributed by atoms with Crippen molar-refractivity contribution < 1.29 is 9.90 Å². The van der Waals surface area contributed by atoms with Crippen LogP contribution in [0.3, 0.4) is 0 Å². The first-order chi connectivity index (χ1) is 11.1. The van der Waals surface area contributed by atoms with Gasteiger partial charge in [0, 0.05) is 32.0 Å². The Balaban J connectivity index is 1.40. The van der Waals surface area contributed by atoms with Crippen molar-refractivity contribution in [2.75, 3.05) is 19.6 Å². The highest BCUT2D eigenvalue weighted by Crippen LogP contribution is 2.19. The van der Waals surface area contributed by atoms with E-state index in [2.05, 4.69) is 15.3 Å². The summed E-state index contributed by atoms with van der Waals surface area (Å²) in [6, 6.07) is 7.94. The van der Waals surface area contributed by atoms with Gasteiger partial charge in [-0.1, -0.05) is 12.1 Å². The van der Waals surface area contributed by atoms with Crippen molar-refractivity contribution >= 4 is 17.1 Å². The second kappa shape index (κ2) is 7.00. The van der Waals surface area contributed by atoms with Crippen LogP contribution < -0.4 is 5.32 Å². The summed E-state index contributed by atoms with van der Waals surface area (Å²) in [5.41, 5.74) is 2.03. The molecule has 124 valence electrons. The molecule has 1 aromatic carbocycles. The van der Waals surface area contributed by atoms with Crippen molar-refractivity contribution in [3.63, 3.8) is 0 Å². The average Bonchev–Trinajstić information content (AvgIpc) is 3.17. The topological polar surface area (TPSA) is 81.2 Å². The lowest BCUT2D eigenvalue weighted by atomic mass is 10.0. The zero-order valence-electron chi connectivity index (χ0n) is 13.5. The number of carbonyl (C=O) groups excluding carboxylic acids is 1. The highest BCUT2D eigenvalue weighted by atomic mass is 16.3. The highest BCUT2D eigenvalue weighted by molar-refractivity contribution is 5.75. The summed E-state index contributed by atoms with van der Waals surface area (Å²) in [6.07, 6.45) is 2.19. The number of aromatic nitrogens is 2. The molecule has 1 fully saturated rings. The molecular formula is C17H24N4O2. The zero-order valence-corrected chi connectivity index (χ0v) is 13.5. The van der Waals surface area contributed by atoms with Crippen molar-refractivity contribution in [3.05, 3.63) is 30.1 Å². The number of urea groups is 1. The summed E-state index contributed by atoms with van der Waals surface area (Å²) in [4.78, 5) is 21.7. The lowest BCUT2D eigenvalue weighted by molar-refractivity contribution is 0.129. The Morgan fingerprint density at radius 2 is 2.35 bits per heavy atom. The summed E-state index contributed by atoms with van der Waals surface area (Å²) in [5, 5.41) is 12.5. The molecule has 1 aliphatic heterocycles. The Morgan fingerprint density at radius 3 is 3.09 bits per heavy atom.